The average Bonchev–Trinajstić information content (AvgIpc) is 2.32. The van der Waals surface area contributed by atoms with Gasteiger partial charge < -0.3 is 15.5 Å². The van der Waals surface area contributed by atoms with Gasteiger partial charge >= 0.3 is 0 Å². The number of ether oxygens (including phenoxy) is 1. The lowest BCUT2D eigenvalue weighted by molar-refractivity contribution is 0.0176. The molecule has 1 fully saturated rings. The van der Waals surface area contributed by atoms with E-state index in [0.717, 1.165) is 18.5 Å². The first kappa shape index (κ1) is 12.8. The molecule has 6 heteroatoms. The van der Waals surface area contributed by atoms with Crippen LogP contribution in [0.25, 0.3) is 0 Å². The Balaban J connectivity index is 1.98. The molecule has 1 aliphatic carbocycles. The molecule has 0 unspecified atom stereocenters. The molecule has 1 aromatic heterocycles. The number of nitrogens with zero attached hydrogens (tertiary/aromatic N) is 1. The Hall–Kier alpha value is -1.66. The van der Waals surface area contributed by atoms with Crippen molar-refractivity contribution >= 4 is 11.7 Å². The molecule has 0 saturated heterocycles. The summed E-state index contributed by atoms with van der Waals surface area (Å²) in [6.45, 7) is 1.82. The van der Waals surface area contributed by atoms with Gasteiger partial charge in [0.05, 0.1) is 6.10 Å². The van der Waals surface area contributed by atoms with Crippen LogP contribution in [0, 0.1) is 6.92 Å². The van der Waals surface area contributed by atoms with Crippen LogP contribution in [0.3, 0.4) is 0 Å². The quantitative estimate of drug-likeness (QED) is 0.537. The van der Waals surface area contributed by atoms with Crippen molar-refractivity contribution in [1.29, 1.82) is 0 Å². The molecule has 2 rings (SSSR count). The minimum atomic E-state index is -0.100. The van der Waals surface area contributed by atoms with Gasteiger partial charge in [-0.15, -0.1) is 0 Å². The van der Waals surface area contributed by atoms with Crippen LogP contribution in [0.5, 0.6) is 0 Å². The zero-order valence-corrected chi connectivity index (χ0v) is 10.6. The highest BCUT2D eigenvalue weighted by atomic mass is 16.5. The molecule has 0 atom stereocenters. The Morgan fingerprint density at radius 1 is 1.50 bits per heavy atom. The molecule has 0 aliphatic heterocycles. The van der Waals surface area contributed by atoms with Gasteiger partial charge in [0.15, 0.2) is 0 Å². The van der Waals surface area contributed by atoms with E-state index in [9.17, 15) is 4.79 Å². The molecule has 1 aromatic rings. The molecular weight excluding hydrogens is 232 g/mol. The van der Waals surface area contributed by atoms with Crippen LogP contribution < -0.4 is 16.6 Å². The molecule has 98 valence electrons. The number of anilines is 1. The van der Waals surface area contributed by atoms with Crippen molar-refractivity contribution < 1.29 is 9.53 Å². The second kappa shape index (κ2) is 5.32. The summed E-state index contributed by atoms with van der Waals surface area (Å²) < 4.78 is 5.17. The lowest BCUT2D eigenvalue weighted by Crippen LogP contribution is -2.47. The van der Waals surface area contributed by atoms with Gasteiger partial charge in [0, 0.05) is 24.4 Å². The van der Waals surface area contributed by atoms with Gasteiger partial charge in [0.1, 0.15) is 5.82 Å². The number of hydrazine groups is 1. The number of pyridine rings is 1. The summed E-state index contributed by atoms with van der Waals surface area (Å²) in [7, 11) is 1.69. The fourth-order valence-corrected chi connectivity index (χ4v) is 2.02. The summed E-state index contributed by atoms with van der Waals surface area (Å²) >= 11 is 0. The maximum absolute atomic E-state index is 12.0. The van der Waals surface area contributed by atoms with Crippen molar-refractivity contribution in [3.05, 3.63) is 23.4 Å². The van der Waals surface area contributed by atoms with E-state index in [1.165, 1.54) is 0 Å². The first-order valence-electron chi connectivity index (χ1n) is 5.91. The second-order valence-corrected chi connectivity index (χ2v) is 4.53. The lowest BCUT2D eigenvalue weighted by Gasteiger charge is -2.34. The number of nitrogens with one attached hydrogen (secondary N) is 2. The Labute approximate surface area is 106 Å². The number of amides is 1. The topological polar surface area (TPSA) is 89.3 Å². The van der Waals surface area contributed by atoms with Crippen LogP contribution in [0.1, 0.15) is 28.9 Å². The van der Waals surface area contributed by atoms with Crippen LogP contribution in [0.15, 0.2) is 12.1 Å². The van der Waals surface area contributed by atoms with Crippen molar-refractivity contribution in [2.75, 3.05) is 12.5 Å². The highest BCUT2D eigenvalue weighted by Crippen LogP contribution is 2.23. The number of aryl methyl sites for hydroxylation is 1. The summed E-state index contributed by atoms with van der Waals surface area (Å²) in [5.74, 6) is 5.69. The van der Waals surface area contributed by atoms with Crippen LogP contribution in [0.2, 0.25) is 0 Å². The minimum absolute atomic E-state index is 0.100. The van der Waals surface area contributed by atoms with E-state index >= 15 is 0 Å². The van der Waals surface area contributed by atoms with E-state index < -0.39 is 0 Å². The van der Waals surface area contributed by atoms with E-state index in [4.69, 9.17) is 10.6 Å². The number of methoxy groups -OCH3 is 1. The largest absolute Gasteiger partial charge is 0.381 e. The molecule has 1 amide bonds. The first-order chi connectivity index (χ1) is 8.62. The number of carbonyl (C=O) groups excluding carboxylic acids is 1. The zero-order valence-electron chi connectivity index (χ0n) is 10.6. The molecule has 0 spiro atoms. The fraction of sp³-hybridized carbons (Fsp3) is 0.500. The third-order valence-electron chi connectivity index (χ3n) is 3.13. The average molecular weight is 250 g/mol. The maximum atomic E-state index is 12.0. The predicted molar refractivity (Wildman–Crippen MR) is 68.1 cm³/mol. The first-order valence-corrected chi connectivity index (χ1v) is 5.91. The van der Waals surface area contributed by atoms with Crippen LogP contribution >= 0.6 is 0 Å². The molecule has 6 nitrogen and oxygen atoms in total. The molecule has 0 radical (unpaired) electrons. The number of nitrogens with two attached hydrogens (primary N) is 1. The smallest absolute Gasteiger partial charge is 0.251 e. The summed E-state index contributed by atoms with van der Waals surface area (Å²) in [5.41, 5.74) is 3.76. The van der Waals surface area contributed by atoms with E-state index in [1.54, 1.807) is 19.2 Å². The number of aromatic nitrogens is 1. The van der Waals surface area contributed by atoms with Gasteiger partial charge in [-0.25, -0.2) is 10.8 Å². The van der Waals surface area contributed by atoms with E-state index in [0.29, 0.717) is 11.4 Å². The van der Waals surface area contributed by atoms with E-state index in [-0.39, 0.29) is 18.1 Å². The summed E-state index contributed by atoms with van der Waals surface area (Å²) in [6, 6.07) is 3.57. The summed E-state index contributed by atoms with van der Waals surface area (Å²) in [4.78, 5) is 16.2. The molecule has 1 saturated carbocycles. The third kappa shape index (κ3) is 2.77. The number of hydrogen-bond donors (Lipinski definition) is 3. The molecule has 18 heavy (non-hydrogen) atoms. The fourth-order valence-electron chi connectivity index (χ4n) is 2.02. The maximum Gasteiger partial charge on any atom is 0.251 e. The monoisotopic (exact) mass is 250 g/mol. The van der Waals surface area contributed by atoms with Crippen molar-refractivity contribution in [2.24, 2.45) is 5.84 Å². The number of hydrogen-bond acceptors (Lipinski definition) is 5. The van der Waals surface area contributed by atoms with Crippen LogP contribution in [0.4, 0.5) is 5.82 Å². The van der Waals surface area contributed by atoms with Gasteiger partial charge in [0.25, 0.3) is 5.91 Å². The van der Waals surface area contributed by atoms with E-state index in [1.807, 2.05) is 6.92 Å². The minimum Gasteiger partial charge on any atom is -0.381 e. The van der Waals surface area contributed by atoms with Crippen molar-refractivity contribution in [3.63, 3.8) is 0 Å². The summed E-state index contributed by atoms with van der Waals surface area (Å²) in [6.07, 6.45) is 2.01. The van der Waals surface area contributed by atoms with Gasteiger partial charge in [-0.05, 0) is 31.9 Å². The highest BCUT2D eigenvalue weighted by Gasteiger charge is 2.30. The van der Waals surface area contributed by atoms with Gasteiger partial charge in [-0.3, -0.25) is 4.79 Å². The summed E-state index contributed by atoms with van der Waals surface area (Å²) in [5, 5.41) is 2.96. The van der Waals surface area contributed by atoms with Crippen molar-refractivity contribution in [3.8, 4) is 0 Å². The molecular formula is C12H18N4O2. The molecule has 1 aliphatic rings. The third-order valence-corrected chi connectivity index (χ3v) is 3.13. The van der Waals surface area contributed by atoms with Gasteiger partial charge in [-0.2, -0.15) is 0 Å². The molecule has 0 bridgehead atoms. The van der Waals surface area contributed by atoms with Crippen molar-refractivity contribution in [2.45, 2.75) is 31.9 Å². The lowest BCUT2D eigenvalue weighted by atomic mass is 9.89. The van der Waals surface area contributed by atoms with Gasteiger partial charge in [0.2, 0.25) is 0 Å². The van der Waals surface area contributed by atoms with Gasteiger partial charge in [-0.1, -0.05) is 0 Å². The number of rotatable bonds is 4. The molecule has 4 N–H and O–H groups in total. The number of carbonyl (C=O) groups is 1. The van der Waals surface area contributed by atoms with Crippen molar-refractivity contribution in [1.82, 2.24) is 10.3 Å². The van der Waals surface area contributed by atoms with Crippen LogP contribution in [-0.4, -0.2) is 30.1 Å². The van der Waals surface area contributed by atoms with Crippen LogP contribution in [-0.2, 0) is 4.74 Å². The highest BCUT2D eigenvalue weighted by molar-refractivity contribution is 5.95. The Morgan fingerprint density at radius 2 is 2.22 bits per heavy atom. The Kier molecular flexibility index (Phi) is 3.78. The standard InChI is InChI=1S/C12H18N4O2/c1-7-3-8(4-11(14-7)16-13)12(17)15-9-5-10(6-9)18-2/h3-4,9-10H,5-6,13H2,1-2H3,(H,14,16)(H,15,17). The van der Waals surface area contributed by atoms with E-state index in [2.05, 4.69) is 15.7 Å². The zero-order chi connectivity index (χ0) is 13.1. The molecule has 0 aromatic carbocycles. The Morgan fingerprint density at radius 3 is 2.83 bits per heavy atom. The molecule has 1 heterocycles. The number of nitrogen functional groups attached to an aromatic ring is 1. The second-order valence-electron chi connectivity index (χ2n) is 4.53. The predicted octanol–water partition coefficient (Wildman–Crippen LogP) is 0.583. The SMILES string of the molecule is COC1CC(NC(=O)c2cc(C)nc(NN)c2)C1. The normalized spacial score (nSPS) is 22.2. The Bertz CT molecular complexity index is 444.